The van der Waals surface area contributed by atoms with Gasteiger partial charge in [0.15, 0.2) is 11.6 Å². The number of rotatable bonds is 6. The topological polar surface area (TPSA) is 109 Å². The molecular formula is C30H18O6. The summed E-state index contributed by atoms with van der Waals surface area (Å²) in [6.07, 6.45) is 5.49. The SMILES string of the molecule is O=C(/C=C/c1ccc(/C=C/C(=O)C2=C(O)c3ccccc3C2=O)cc1)C1=C(O)c2ccccc2C1=O. The van der Waals surface area contributed by atoms with Crippen molar-refractivity contribution in [1.29, 1.82) is 0 Å². The molecule has 0 amide bonds. The van der Waals surface area contributed by atoms with E-state index in [9.17, 15) is 29.4 Å². The van der Waals surface area contributed by atoms with Crippen molar-refractivity contribution in [3.05, 3.63) is 129 Å². The van der Waals surface area contributed by atoms with Gasteiger partial charge in [0, 0.05) is 22.3 Å². The monoisotopic (exact) mass is 474 g/mol. The average Bonchev–Trinajstić information content (AvgIpc) is 3.31. The minimum atomic E-state index is -0.599. The van der Waals surface area contributed by atoms with Crippen LogP contribution in [0.2, 0.25) is 0 Å². The molecule has 36 heavy (non-hydrogen) atoms. The fourth-order valence-corrected chi connectivity index (χ4v) is 4.21. The standard InChI is InChI=1S/C30H18O6/c31-23(25-27(33)19-5-1-2-6-20(19)28(25)34)15-13-17-9-11-18(12-10-17)14-16-24(32)26-29(35)21-7-3-4-8-22(21)30(26)36/h1-16,33,35H/b15-13+,16-14+. The minimum Gasteiger partial charge on any atom is -0.506 e. The van der Waals surface area contributed by atoms with Crippen LogP contribution >= 0.6 is 0 Å². The Morgan fingerprint density at radius 3 is 1.19 bits per heavy atom. The Labute approximate surface area is 205 Å². The fourth-order valence-electron chi connectivity index (χ4n) is 4.21. The maximum Gasteiger partial charge on any atom is 0.201 e. The lowest BCUT2D eigenvalue weighted by Gasteiger charge is -1.99. The zero-order chi connectivity index (χ0) is 25.4. The van der Waals surface area contributed by atoms with Crippen molar-refractivity contribution in [2.24, 2.45) is 0 Å². The van der Waals surface area contributed by atoms with Gasteiger partial charge in [-0.3, -0.25) is 19.2 Å². The second kappa shape index (κ2) is 8.92. The van der Waals surface area contributed by atoms with Crippen molar-refractivity contribution in [3.63, 3.8) is 0 Å². The van der Waals surface area contributed by atoms with Gasteiger partial charge >= 0.3 is 0 Å². The molecule has 0 spiro atoms. The van der Waals surface area contributed by atoms with Crippen molar-refractivity contribution in [2.75, 3.05) is 0 Å². The first-order valence-corrected chi connectivity index (χ1v) is 11.1. The molecule has 2 aliphatic rings. The largest absolute Gasteiger partial charge is 0.506 e. The molecule has 6 heteroatoms. The first-order valence-electron chi connectivity index (χ1n) is 11.1. The van der Waals surface area contributed by atoms with Crippen molar-refractivity contribution in [1.82, 2.24) is 0 Å². The Kier molecular flexibility index (Phi) is 5.62. The van der Waals surface area contributed by atoms with Crippen LogP contribution < -0.4 is 0 Å². The molecule has 3 aromatic carbocycles. The number of Topliss-reactive ketones (excluding diaryl/α,β-unsaturated/α-hetero) is 2. The summed E-state index contributed by atoms with van der Waals surface area (Å²) in [6, 6.07) is 19.8. The van der Waals surface area contributed by atoms with E-state index >= 15 is 0 Å². The number of allylic oxidation sites excluding steroid dienone is 4. The molecule has 0 aliphatic heterocycles. The number of hydrogen-bond donors (Lipinski definition) is 2. The zero-order valence-corrected chi connectivity index (χ0v) is 18.8. The lowest BCUT2D eigenvalue weighted by molar-refractivity contribution is -0.111. The second-order valence-electron chi connectivity index (χ2n) is 8.26. The molecule has 2 aliphatic carbocycles. The van der Waals surface area contributed by atoms with Gasteiger partial charge in [-0.15, -0.1) is 0 Å². The summed E-state index contributed by atoms with van der Waals surface area (Å²) in [4.78, 5) is 50.1. The fraction of sp³-hybridized carbons (Fsp3) is 0. The van der Waals surface area contributed by atoms with Gasteiger partial charge in [-0.25, -0.2) is 0 Å². The maximum absolute atomic E-state index is 12.6. The molecule has 174 valence electrons. The van der Waals surface area contributed by atoms with Crippen LogP contribution in [0.5, 0.6) is 0 Å². The summed E-state index contributed by atoms with van der Waals surface area (Å²) in [5.41, 5.74) is 2.09. The normalized spacial score (nSPS) is 14.8. The molecule has 2 N–H and O–H groups in total. The van der Waals surface area contributed by atoms with Gasteiger partial charge in [0.25, 0.3) is 0 Å². The summed E-state index contributed by atoms with van der Waals surface area (Å²) in [7, 11) is 0. The van der Waals surface area contributed by atoms with Gasteiger partial charge in [0.1, 0.15) is 22.7 Å². The molecule has 5 rings (SSSR count). The van der Waals surface area contributed by atoms with Crippen LogP contribution in [0, 0.1) is 0 Å². The molecule has 0 bridgehead atoms. The third kappa shape index (κ3) is 3.80. The number of carbonyl (C=O) groups excluding carboxylic acids is 4. The van der Waals surface area contributed by atoms with E-state index in [0.717, 1.165) is 0 Å². The van der Waals surface area contributed by atoms with E-state index < -0.39 is 23.1 Å². The molecule has 3 aromatic rings. The number of aliphatic hydroxyl groups excluding tert-OH is 2. The lowest BCUT2D eigenvalue weighted by Crippen LogP contribution is -2.08. The van der Waals surface area contributed by atoms with E-state index in [1.165, 1.54) is 24.3 Å². The van der Waals surface area contributed by atoms with E-state index in [2.05, 4.69) is 0 Å². The Morgan fingerprint density at radius 1 is 0.528 bits per heavy atom. The van der Waals surface area contributed by atoms with Crippen LogP contribution in [0.15, 0.2) is 96.1 Å². The first kappa shape index (κ1) is 22.7. The van der Waals surface area contributed by atoms with Crippen molar-refractivity contribution >= 4 is 46.8 Å². The van der Waals surface area contributed by atoms with Crippen LogP contribution in [0.25, 0.3) is 23.7 Å². The van der Waals surface area contributed by atoms with Crippen LogP contribution in [-0.4, -0.2) is 33.3 Å². The van der Waals surface area contributed by atoms with E-state index in [0.29, 0.717) is 33.4 Å². The molecule has 0 saturated heterocycles. The van der Waals surface area contributed by atoms with Gasteiger partial charge in [0.05, 0.1) is 0 Å². The number of carbonyl (C=O) groups is 4. The number of fused-ring (bicyclic) bond motifs is 2. The highest BCUT2D eigenvalue weighted by Gasteiger charge is 2.33. The highest BCUT2D eigenvalue weighted by Crippen LogP contribution is 2.32. The molecule has 0 atom stereocenters. The van der Waals surface area contributed by atoms with Gasteiger partial charge in [-0.2, -0.15) is 0 Å². The van der Waals surface area contributed by atoms with E-state index in [1.54, 1.807) is 72.8 Å². The molecule has 0 fully saturated rings. The quantitative estimate of drug-likeness (QED) is 0.376. The minimum absolute atomic E-state index is 0.258. The van der Waals surface area contributed by atoms with E-state index in [4.69, 9.17) is 0 Å². The summed E-state index contributed by atoms with van der Waals surface area (Å²) in [6.45, 7) is 0. The smallest absolute Gasteiger partial charge is 0.201 e. The molecule has 6 nitrogen and oxygen atoms in total. The third-order valence-corrected chi connectivity index (χ3v) is 6.06. The number of aliphatic hydroxyl groups is 2. The van der Waals surface area contributed by atoms with Gasteiger partial charge in [0.2, 0.25) is 11.6 Å². The lowest BCUT2D eigenvalue weighted by atomic mass is 10.0. The Hall–Kier alpha value is -5.10. The van der Waals surface area contributed by atoms with Crippen molar-refractivity contribution in [2.45, 2.75) is 0 Å². The second-order valence-corrected chi connectivity index (χ2v) is 8.26. The Morgan fingerprint density at radius 2 is 0.861 bits per heavy atom. The van der Waals surface area contributed by atoms with Crippen LogP contribution in [0.1, 0.15) is 43.0 Å². The molecule has 0 saturated carbocycles. The van der Waals surface area contributed by atoms with Gasteiger partial charge in [-0.05, 0) is 23.3 Å². The summed E-state index contributed by atoms with van der Waals surface area (Å²) >= 11 is 0. The molecule has 0 radical (unpaired) electrons. The first-order chi connectivity index (χ1) is 17.4. The highest BCUT2D eigenvalue weighted by atomic mass is 16.3. The predicted octanol–water partition coefficient (Wildman–Crippen LogP) is 5.18. The molecule has 0 unspecified atom stereocenters. The maximum atomic E-state index is 12.6. The van der Waals surface area contributed by atoms with E-state index in [1.807, 2.05) is 0 Å². The number of benzene rings is 3. The average molecular weight is 474 g/mol. The van der Waals surface area contributed by atoms with Crippen molar-refractivity contribution in [3.8, 4) is 0 Å². The van der Waals surface area contributed by atoms with Crippen LogP contribution in [0.3, 0.4) is 0 Å². The van der Waals surface area contributed by atoms with Crippen molar-refractivity contribution < 1.29 is 29.4 Å². The summed E-state index contributed by atoms with van der Waals surface area (Å²) in [5.74, 6) is -2.85. The molecule has 0 aromatic heterocycles. The van der Waals surface area contributed by atoms with Crippen LogP contribution in [0.4, 0.5) is 0 Å². The Balaban J connectivity index is 1.27. The molecule has 0 heterocycles. The summed E-state index contributed by atoms with van der Waals surface area (Å²) < 4.78 is 0. The number of ketones is 4. The van der Waals surface area contributed by atoms with Crippen LogP contribution in [-0.2, 0) is 9.59 Å². The molecular weight excluding hydrogens is 456 g/mol. The van der Waals surface area contributed by atoms with E-state index in [-0.39, 0.29) is 22.7 Å². The number of hydrogen-bond acceptors (Lipinski definition) is 6. The highest BCUT2D eigenvalue weighted by molar-refractivity contribution is 6.37. The third-order valence-electron chi connectivity index (χ3n) is 6.06. The predicted molar refractivity (Wildman–Crippen MR) is 135 cm³/mol. The van der Waals surface area contributed by atoms with Gasteiger partial charge in [-0.1, -0.05) is 84.9 Å². The zero-order valence-electron chi connectivity index (χ0n) is 18.8. The Bertz CT molecular complexity index is 1480. The van der Waals surface area contributed by atoms with Gasteiger partial charge < -0.3 is 10.2 Å². The summed E-state index contributed by atoms with van der Waals surface area (Å²) in [5, 5.41) is 20.6.